The predicted molar refractivity (Wildman–Crippen MR) is 325 cm³/mol. The minimum Gasteiger partial charge on any atom is -0.462 e. The molecule has 0 aliphatic rings. The van der Waals surface area contributed by atoms with Crippen LogP contribution >= 0.6 is 0 Å². The average Bonchev–Trinajstić information content (AvgIpc) is 3.41. The summed E-state index contributed by atoms with van der Waals surface area (Å²) >= 11 is 0. The Morgan fingerprint density at radius 3 is 0.827 bits per heavy atom. The first-order valence-electron chi connectivity index (χ1n) is 32.8. The van der Waals surface area contributed by atoms with Crippen molar-refractivity contribution in [3.05, 3.63) is 60.8 Å². The van der Waals surface area contributed by atoms with E-state index >= 15 is 0 Å². The Kier molecular flexibility index (Phi) is 61.2. The molecule has 0 aliphatic carbocycles. The molecule has 436 valence electrons. The summed E-state index contributed by atoms with van der Waals surface area (Å²) < 4.78 is 17.0. The quantitative estimate of drug-likeness (QED) is 0.0261. The highest BCUT2D eigenvalue weighted by Crippen LogP contribution is 2.17. The van der Waals surface area contributed by atoms with Gasteiger partial charge in [-0.1, -0.05) is 300 Å². The first-order chi connectivity index (χ1) is 37.0. The summed E-state index contributed by atoms with van der Waals surface area (Å²) in [6.45, 7) is 6.57. The van der Waals surface area contributed by atoms with E-state index in [0.717, 1.165) is 89.9 Å². The van der Waals surface area contributed by atoms with Gasteiger partial charge in [0.15, 0.2) is 6.10 Å². The fraction of sp³-hybridized carbons (Fsp3) is 0.812. The molecule has 0 aromatic heterocycles. The van der Waals surface area contributed by atoms with Crippen LogP contribution in [-0.4, -0.2) is 37.2 Å². The van der Waals surface area contributed by atoms with E-state index in [1.165, 1.54) is 212 Å². The molecule has 1 unspecified atom stereocenters. The van der Waals surface area contributed by atoms with Crippen LogP contribution in [0.15, 0.2) is 60.8 Å². The molecule has 0 saturated carbocycles. The number of carbonyl (C=O) groups excluding carboxylic acids is 3. The molecule has 0 rings (SSSR count). The fourth-order valence-electron chi connectivity index (χ4n) is 9.61. The highest BCUT2D eigenvalue weighted by molar-refractivity contribution is 5.71. The van der Waals surface area contributed by atoms with Gasteiger partial charge < -0.3 is 14.2 Å². The molecule has 0 aromatic carbocycles. The van der Waals surface area contributed by atoms with Crippen LogP contribution in [0.1, 0.15) is 342 Å². The second-order valence-electron chi connectivity index (χ2n) is 22.0. The number of rotatable bonds is 60. The van der Waals surface area contributed by atoms with Gasteiger partial charge in [0.1, 0.15) is 13.2 Å². The van der Waals surface area contributed by atoms with E-state index in [1.807, 2.05) is 0 Å². The van der Waals surface area contributed by atoms with Gasteiger partial charge in [-0.3, -0.25) is 14.4 Å². The molecule has 0 radical (unpaired) electrons. The Morgan fingerprint density at radius 1 is 0.280 bits per heavy atom. The lowest BCUT2D eigenvalue weighted by atomic mass is 10.0. The van der Waals surface area contributed by atoms with Crippen molar-refractivity contribution in [2.75, 3.05) is 13.2 Å². The van der Waals surface area contributed by atoms with Gasteiger partial charge in [0.05, 0.1) is 0 Å². The van der Waals surface area contributed by atoms with Crippen molar-refractivity contribution in [3.63, 3.8) is 0 Å². The number of allylic oxidation sites excluding steroid dienone is 10. The summed E-state index contributed by atoms with van der Waals surface area (Å²) in [6.07, 6.45) is 80.8. The van der Waals surface area contributed by atoms with E-state index in [0.29, 0.717) is 19.3 Å². The summed E-state index contributed by atoms with van der Waals surface area (Å²) in [4.78, 5) is 38.4. The molecule has 0 aromatic rings. The lowest BCUT2D eigenvalue weighted by molar-refractivity contribution is -0.167. The molecule has 75 heavy (non-hydrogen) atoms. The summed E-state index contributed by atoms with van der Waals surface area (Å²) in [5, 5.41) is 0. The zero-order valence-corrected chi connectivity index (χ0v) is 50.1. The Labute approximate surface area is 466 Å². The maximum Gasteiger partial charge on any atom is 0.306 e. The van der Waals surface area contributed by atoms with Crippen LogP contribution in [0.5, 0.6) is 0 Å². The summed E-state index contributed by atoms with van der Waals surface area (Å²) in [5.41, 5.74) is 0. The highest BCUT2D eigenvalue weighted by Gasteiger charge is 2.19. The van der Waals surface area contributed by atoms with Crippen LogP contribution in [0.4, 0.5) is 0 Å². The summed E-state index contributed by atoms with van der Waals surface area (Å²) in [7, 11) is 0. The number of hydrogen-bond acceptors (Lipinski definition) is 6. The molecule has 6 nitrogen and oxygen atoms in total. The van der Waals surface area contributed by atoms with Crippen molar-refractivity contribution in [3.8, 4) is 0 Å². The van der Waals surface area contributed by atoms with Gasteiger partial charge in [0.25, 0.3) is 0 Å². The van der Waals surface area contributed by atoms with E-state index < -0.39 is 6.10 Å². The van der Waals surface area contributed by atoms with E-state index in [9.17, 15) is 14.4 Å². The van der Waals surface area contributed by atoms with Crippen molar-refractivity contribution in [2.45, 2.75) is 348 Å². The van der Waals surface area contributed by atoms with Gasteiger partial charge in [0.2, 0.25) is 0 Å². The zero-order chi connectivity index (χ0) is 54.3. The van der Waals surface area contributed by atoms with Crippen molar-refractivity contribution in [1.82, 2.24) is 0 Å². The largest absolute Gasteiger partial charge is 0.462 e. The van der Waals surface area contributed by atoms with Gasteiger partial charge in [-0.15, -0.1) is 0 Å². The number of hydrogen-bond donors (Lipinski definition) is 0. The third kappa shape index (κ3) is 61.8. The highest BCUT2D eigenvalue weighted by atomic mass is 16.6. The number of carbonyl (C=O) groups is 3. The minimum absolute atomic E-state index is 0.0747. The Morgan fingerprint density at radius 2 is 0.520 bits per heavy atom. The molecule has 0 aliphatic heterocycles. The van der Waals surface area contributed by atoms with Crippen molar-refractivity contribution in [1.29, 1.82) is 0 Å². The molecule has 6 heteroatoms. The Balaban J connectivity index is 4.36. The van der Waals surface area contributed by atoms with E-state index in [1.54, 1.807) is 0 Å². The Bertz CT molecular complexity index is 1340. The second-order valence-corrected chi connectivity index (χ2v) is 22.0. The number of unbranched alkanes of at least 4 members (excludes halogenated alkanes) is 39. The van der Waals surface area contributed by atoms with Crippen LogP contribution in [0.2, 0.25) is 0 Å². The van der Waals surface area contributed by atoms with E-state index in [2.05, 4.69) is 81.5 Å². The van der Waals surface area contributed by atoms with Crippen LogP contribution in [0, 0.1) is 0 Å². The topological polar surface area (TPSA) is 78.9 Å². The van der Waals surface area contributed by atoms with Crippen LogP contribution in [0.25, 0.3) is 0 Å². The number of esters is 3. The molecule has 0 heterocycles. The number of ether oxygens (including phenoxy) is 3. The van der Waals surface area contributed by atoms with Gasteiger partial charge in [0, 0.05) is 19.3 Å². The van der Waals surface area contributed by atoms with Crippen molar-refractivity contribution >= 4 is 17.9 Å². The third-order valence-electron chi connectivity index (χ3n) is 14.5. The van der Waals surface area contributed by atoms with Crippen LogP contribution in [0.3, 0.4) is 0 Å². The molecule has 0 N–H and O–H groups in total. The molecule has 0 bridgehead atoms. The van der Waals surface area contributed by atoms with Gasteiger partial charge in [-0.25, -0.2) is 0 Å². The summed E-state index contributed by atoms with van der Waals surface area (Å²) in [6, 6.07) is 0. The first-order valence-corrected chi connectivity index (χ1v) is 32.8. The molecule has 1 atom stereocenters. The van der Waals surface area contributed by atoms with E-state index in [4.69, 9.17) is 14.2 Å². The van der Waals surface area contributed by atoms with Crippen LogP contribution < -0.4 is 0 Å². The lowest BCUT2D eigenvalue weighted by Gasteiger charge is -2.18. The third-order valence-corrected chi connectivity index (χ3v) is 14.5. The van der Waals surface area contributed by atoms with Gasteiger partial charge in [-0.2, -0.15) is 0 Å². The molecule has 0 saturated heterocycles. The smallest absolute Gasteiger partial charge is 0.306 e. The fourth-order valence-corrected chi connectivity index (χ4v) is 9.61. The second kappa shape index (κ2) is 63.6. The van der Waals surface area contributed by atoms with E-state index in [-0.39, 0.29) is 31.1 Å². The predicted octanol–water partition coefficient (Wildman–Crippen LogP) is 22.3. The maximum atomic E-state index is 12.9. The van der Waals surface area contributed by atoms with Crippen LogP contribution in [-0.2, 0) is 28.6 Å². The van der Waals surface area contributed by atoms with Crippen molar-refractivity contribution < 1.29 is 28.6 Å². The van der Waals surface area contributed by atoms with Gasteiger partial charge in [-0.05, 0) is 83.5 Å². The van der Waals surface area contributed by atoms with Gasteiger partial charge >= 0.3 is 17.9 Å². The monoisotopic (exact) mass is 1050 g/mol. The first kappa shape index (κ1) is 72.1. The molecule has 0 spiro atoms. The lowest BCUT2D eigenvalue weighted by Crippen LogP contribution is -2.30. The summed E-state index contributed by atoms with van der Waals surface area (Å²) in [5.74, 6) is -0.866. The zero-order valence-electron chi connectivity index (χ0n) is 50.1. The molecule has 0 fully saturated rings. The van der Waals surface area contributed by atoms with Crippen molar-refractivity contribution in [2.24, 2.45) is 0 Å². The Hall–Kier alpha value is -2.89. The maximum absolute atomic E-state index is 12.9. The normalized spacial score (nSPS) is 12.4. The molecule has 0 amide bonds. The standard InChI is InChI=1S/C69H124O6/c1-4-7-10-13-16-19-22-25-28-31-34-35-36-39-41-44-47-50-53-56-59-62-68(71)74-65-66(75-69(72)63-60-57-54-51-48-45-42-38-33-30-27-24-21-18-15-12-9-6-3)64-73-67(70)61-58-55-52-49-46-43-40-37-32-29-26-23-20-17-14-11-8-5-2/h7,10,16,19,25,28,30,33-35,66H,4-6,8-9,11-15,17-18,20-24,26-27,29,31-32,36-65H2,1-3H3/b10-7-,19-16-,28-25-,33-30-,35-34-. The molecular formula is C69H124O6. The minimum atomic E-state index is -0.779. The molecular weight excluding hydrogens is 925 g/mol. The SMILES string of the molecule is CC/C=C\C/C=C\C/C=C\C/C=C\CCCCCCCCCCC(=O)OCC(COC(=O)CCCCCCCCCCCCCCCCCCCC)OC(=O)CCCCCCCCC/C=C\CCCCCCCCC. The average molecular weight is 1050 g/mol.